The van der Waals surface area contributed by atoms with Crippen molar-refractivity contribution in [3.63, 3.8) is 0 Å². The van der Waals surface area contributed by atoms with Crippen LogP contribution in [0.25, 0.3) is 0 Å². The zero-order chi connectivity index (χ0) is 52.9. The van der Waals surface area contributed by atoms with Gasteiger partial charge in [-0.05, 0) is 190 Å². The summed E-state index contributed by atoms with van der Waals surface area (Å²) in [7, 11) is 8.88. The molecule has 8 atom stereocenters. The summed E-state index contributed by atoms with van der Waals surface area (Å²) in [5, 5.41) is 17.6. The molecule has 0 aromatic heterocycles. The molecule has 81 heavy (non-hydrogen) atoms. The minimum atomic E-state index is -0.181. The molecule has 16 rings (SSSR count). The fourth-order valence-electron chi connectivity index (χ4n) is 11.0. The maximum atomic E-state index is 9.20. The van der Waals surface area contributed by atoms with E-state index in [9.17, 15) is 5.11 Å². The molecule has 470 valence electrons. The SMILES string of the molecule is CC.CC.CC.CC.CC.CN1C2CC(O)CC1C2.CN1C2CC(OC3=CCC=C3)CC1C2.CN1C2CC(OC3=CCC=C3)CC1C2.CN1C2CC(OC3=CCC=C3)CC1C2.IC1=CCC=C1.O=CO[O-].[CH3-].[CH3-].[Cs+].[Cs+].[H-].[Pd].[Pd].[Pd].[Pd].[Y].[Y]. The van der Waals surface area contributed by atoms with Crippen molar-refractivity contribution >= 4 is 29.1 Å². The summed E-state index contributed by atoms with van der Waals surface area (Å²) in [5.41, 5.74) is 0. The number of fused-ring (bicyclic) bond motifs is 8. The summed E-state index contributed by atoms with van der Waals surface area (Å²) in [6.45, 7) is 19.8. The van der Waals surface area contributed by atoms with Crippen LogP contribution >= 0.6 is 22.6 Å². The van der Waals surface area contributed by atoms with Crippen LogP contribution < -0.4 is 143 Å². The Morgan fingerprint density at radius 3 is 0.802 bits per heavy atom. The van der Waals surface area contributed by atoms with Crippen molar-refractivity contribution in [1.82, 2.24) is 19.6 Å². The van der Waals surface area contributed by atoms with E-state index in [1.165, 1.54) is 67.8 Å². The monoisotopic (exact) mass is 2000 g/mol. The number of halogens is 1. The van der Waals surface area contributed by atoms with Gasteiger partial charge in [-0.2, -0.15) is 0 Å². The smallest absolute Gasteiger partial charge is 1.00 e. The summed E-state index contributed by atoms with van der Waals surface area (Å²) < 4.78 is 19.2. The van der Waals surface area contributed by atoms with Crippen LogP contribution in [0.2, 0.25) is 0 Å². The molecule has 2 radical (unpaired) electrons. The Morgan fingerprint density at radius 2 is 0.667 bits per heavy atom. The van der Waals surface area contributed by atoms with E-state index >= 15 is 0 Å². The molecular weight excluding hydrogens is 1900 g/mol. The molecule has 8 unspecified atom stereocenters. The maximum Gasteiger partial charge on any atom is 1.00 e. The summed E-state index contributed by atoms with van der Waals surface area (Å²) in [4.78, 5) is 21.1. The van der Waals surface area contributed by atoms with Crippen LogP contribution in [0.4, 0.5) is 0 Å². The molecule has 8 heterocycles. The molecule has 20 heteroatoms. The molecular formula is C61H107Cs2IN4O7Pd4Y2-2. The number of aliphatic hydroxyl groups is 1. The van der Waals surface area contributed by atoms with Crippen molar-refractivity contribution in [2.45, 2.75) is 245 Å². The zero-order valence-corrected chi connectivity index (χ0v) is 79.8. The molecule has 0 aromatic carbocycles. The molecule has 11 nitrogen and oxygen atoms in total. The van der Waals surface area contributed by atoms with Crippen LogP contribution in [-0.4, -0.2) is 132 Å². The van der Waals surface area contributed by atoms with Crippen LogP contribution in [0.15, 0.2) is 93.8 Å². The predicted octanol–water partition coefficient (Wildman–Crippen LogP) is 7.30. The van der Waals surface area contributed by atoms with E-state index in [-0.39, 0.29) is 314 Å². The van der Waals surface area contributed by atoms with Crippen molar-refractivity contribution in [3.8, 4) is 0 Å². The summed E-state index contributed by atoms with van der Waals surface area (Å²) >= 11 is 2.31. The van der Waals surface area contributed by atoms with Gasteiger partial charge in [-0.25, -0.2) is 0 Å². The molecule has 8 saturated heterocycles. The van der Waals surface area contributed by atoms with Gasteiger partial charge >= 0.3 is 138 Å². The molecule has 0 amide bonds. The van der Waals surface area contributed by atoms with E-state index in [0.29, 0.717) is 30.4 Å². The van der Waals surface area contributed by atoms with Crippen molar-refractivity contribution in [3.05, 3.63) is 109 Å². The maximum absolute atomic E-state index is 9.20. The first-order valence-electron chi connectivity index (χ1n) is 28.0. The average molecular weight is 2000 g/mol. The topological polar surface area (TPSA) is 110 Å². The Labute approximate surface area is 736 Å². The average Bonchev–Trinajstić information content (AvgIpc) is 4.32. The van der Waals surface area contributed by atoms with E-state index < -0.39 is 0 Å². The van der Waals surface area contributed by atoms with Crippen molar-refractivity contribution in [2.75, 3.05) is 28.2 Å². The van der Waals surface area contributed by atoms with Gasteiger partial charge in [-0.3, -0.25) is 4.79 Å². The quantitative estimate of drug-likeness (QED) is 0.0694. The number of nitrogens with zero attached hydrogens (tertiary/aromatic N) is 4. The van der Waals surface area contributed by atoms with Gasteiger partial charge in [0, 0.05) is 199 Å². The van der Waals surface area contributed by atoms with Crippen LogP contribution in [0, 0.1) is 14.9 Å². The first-order valence-corrected chi connectivity index (χ1v) is 29.0. The molecule has 4 saturated carbocycles. The van der Waals surface area contributed by atoms with Crippen molar-refractivity contribution < 1.29 is 321 Å². The number of ether oxygens (including phenoxy) is 3. The number of allylic oxidation sites excluding steroid dienone is 13. The largest absolute Gasteiger partial charge is 1.00 e. The van der Waals surface area contributed by atoms with E-state index in [1.807, 2.05) is 69.2 Å². The second kappa shape index (κ2) is 63.6. The number of rotatable bonds is 7. The number of carbonyl (C=O) groups is 1. The second-order valence-corrected chi connectivity index (χ2v) is 20.0. The van der Waals surface area contributed by atoms with Gasteiger partial charge in [0.1, 0.15) is 35.6 Å². The first-order chi connectivity index (χ1) is 34.6. The van der Waals surface area contributed by atoms with Gasteiger partial charge < -0.3 is 65.3 Å². The normalized spacial score (nSPS) is 28.7. The van der Waals surface area contributed by atoms with E-state index in [0.717, 1.165) is 92.1 Å². The number of hydrogen-bond acceptors (Lipinski definition) is 11. The number of carbonyl (C=O) groups excluding carboxylic acids is 1. The second-order valence-electron chi connectivity index (χ2n) is 18.7. The molecule has 16 aliphatic rings. The Kier molecular flexibility index (Phi) is 83.3. The Morgan fingerprint density at radius 1 is 0.457 bits per heavy atom. The standard InChI is InChI=1S/3C12H17NO.C7H13NO.C5H5I.5C2H6.CH2O3.2CH3.2Cs.4Pd.2Y.H/c3*1-13-9-6-10(13)8-12(7-9)14-11-4-2-3-5-11;1-8-5-2-6(8)4-7(9)3-5;6-5-3-1-2-4-5;5*1-2;2-1-4-3;;;;;;;;;;;/h3*2,4-5,9-10,12H,3,6-8H2,1H3;5-7,9H,2-4H2,1H3;1,3-4H,2H2;5*1-2H3;1,3H;2*1H3;;;;;;;;;/q;;;;;;;;;;;2*-1;2*+1;;;;;;;-1/p-1. The molecule has 0 aromatic rings. The molecule has 1 N–H and O–H groups in total. The van der Waals surface area contributed by atoms with Crippen molar-refractivity contribution in [1.29, 1.82) is 0 Å². The van der Waals surface area contributed by atoms with Gasteiger partial charge in [0.25, 0.3) is 6.47 Å². The minimum Gasteiger partial charge on any atom is -1.00 e. The van der Waals surface area contributed by atoms with Crippen molar-refractivity contribution in [2.24, 2.45) is 0 Å². The van der Waals surface area contributed by atoms with Gasteiger partial charge in [-0.1, -0.05) is 106 Å². The Bertz CT molecular complexity index is 1590. The molecule has 0 spiro atoms. The van der Waals surface area contributed by atoms with Crippen LogP contribution in [-0.2, 0) is 171 Å². The fourth-order valence-corrected chi connectivity index (χ4v) is 11.5. The van der Waals surface area contributed by atoms with Gasteiger partial charge in [0.15, 0.2) is 0 Å². The Balaban J connectivity index is -0.0000000920. The molecule has 12 fully saturated rings. The zero-order valence-electron chi connectivity index (χ0n) is 54.2. The minimum absolute atomic E-state index is 0. The number of piperidine rings is 4. The van der Waals surface area contributed by atoms with Crippen LogP contribution in [0.1, 0.15) is 173 Å². The van der Waals surface area contributed by atoms with Gasteiger partial charge in [0.2, 0.25) is 0 Å². The number of hydrogen-bond donors (Lipinski definition) is 1. The molecule has 8 aliphatic heterocycles. The van der Waals surface area contributed by atoms with E-state index in [4.69, 9.17) is 24.3 Å². The fraction of sp³-hybridized carbons (Fsp3) is 0.689. The summed E-state index contributed by atoms with van der Waals surface area (Å²) in [6, 6.07) is 6.19. The van der Waals surface area contributed by atoms with Crippen LogP contribution in [0.5, 0.6) is 0 Å². The Hall–Kier alpha value is 6.24. The predicted molar refractivity (Wildman–Crippen MR) is 317 cm³/mol. The summed E-state index contributed by atoms with van der Waals surface area (Å²) in [5.74, 6) is 3.29. The third kappa shape index (κ3) is 37.8. The third-order valence-corrected chi connectivity index (χ3v) is 15.8. The number of aliphatic hydroxyl groups excluding tert-OH is 1. The third-order valence-electron chi connectivity index (χ3n) is 15.0. The van der Waals surface area contributed by atoms with Gasteiger partial charge in [-0.15, -0.1) is 0 Å². The van der Waals surface area contributed by atoms with E-state index in [2.05, 4.69) is 148 Å². The molecule has 8 aliphatic carbocycles. The van der Waals surface area contributed by atoms with Gasteiger partial charge in [0.05, 0.1) is 6.10 Å². The summed E-state index contributed by atoms with van der Waals surface area (Å²) in [6.07, 6.45) is 46.3. The van der Waals surface area contributed by atoms with Crippen LogP contribution in [0.3, 0.4) is 0 Å². The first kappa shape index (κ1) is 106. The molecule has 8 bridgehead atoms. The van der Waals surface area contributed by atoms with E-state index in [1.54, 1.807) is 0 Å².